The standard InChI is InChI=1S/C22H26N4O2S/c1-16-15-29-22-24-19(13-21(28)26(16)22)14-25-11-9-18(10-12-25)23-20(27)8-7-17-5-3-2-4-6-17/h2-6,13,15,18H,7-12,14H2,1H3,(H,23,27). The smallest absolute Gasteiger partial charge is 0.259 e. The zero-order valence-corrected chi connectivity index (χ0v) is 17.5. The lowest BCUT2D eigenvalue weighted by Gasteiger charge is -2.32. The molecule has 1 N–H and O–H groups in total. The zero-order chi connectivity index (χ0) is 20.2. The average molecular weight is 411 g/mol. The monoisotopic (exact) mass is 410 g/mol. The molecule has 152 valence electrons. The lowest BCUT2D eigenvalue weighted by atomic mass is 10.0. The number of hydrogen-bond acceptors (Lipinski definition) is 5. The molecule has 7 heteroatoms. The summed E-state index contributed by atoms with van der Waals surface area (Å²) in [5, 5.41) is 5.13. The van der Waals surface area contributed by atoms with Gasteiger partial charge in [-0.1, -0.05) is 30.3 Å². The number of likely N-dealkylation sites (tertiary alicyclic amines) is 1. The highest BCUT2D eigenvalue weighted by Crippen LogP contribution is 2.16. The Hall–Kier alpha value is -2.51. The number of aromatic nitrogens is 2. The minimum Gasteiger partial charge on any atom is -0.353 e. The number of aryl methyl sites for hydroxylation is 2. The number of rotatable bonds is 6. The van der Waals surface area contributed by atoms with E-state index in [1.165, 1.54) is 16.9 Å². The van der Waals surface area contributed by atoms with Crippen LogP contribution in [0.3, 0.4) is 0 Å². The number of piperidine rings is 1. The van der Waals surface area contributed by atoms with Crippen molar-refractivity contribution in [3.63, 3.8) is 0 Å². The van der Waals surface area contributed by atoms with Crippen molar-refractivity contribution < 1.29 is 4.79 Å². The van der Waals surface area contributed by atoms with Gasteiger partial charge in [0.05, 0.1) is 5.69 Å². The topological polar surface area (TPSA) is 66.7 Å². The SMILES string of the molecule is Cc1csc2nc(CN3CCC(NC(=O)CCc4ccccc4)CC3)cc(=O)n12. The van der Waals surface area contributed by atoms with Gasteiger partial charge in [0.25, 0.3) is 5.56 Å². The Labute approximate surface area is 174 Å². The summed E-state index contributed by atoms with van der Waals surface area (Å²) < 4.78 is 1.66. The minimum absolute atomic E-state index is 0.00989. The van der Waals surface area contributed by atoms with Crippen molar-refractivity contribution in [1.29, 1.82) is 0 Å². The van der Waals surface area contributed by atoms with Gasteiger partial charge in [-0.25, -0.2) is 4.98 Å². The fourth-order valence-corrected chi connectivity index (χ4v) is 4.74. The molecule has 0 unspecified atom stereocenters. The highest BCUT2D eigenvalue weighted by atomic mass is 32.1. The summed E-state index contributed by atoms with van der Waals surface area (Å²) in [6.45, 7) is 4.39. The molecule has 3 aromatic rings. The molecule has 1 amide bonds. The maximum atomic E-state index is 12.3. The van der Waals surface area contributed by atoms with Gasteiger partial charge in [0, 0.05) is 49.2 Å². The first-order valence-corrected chi connectivity index (χ1v) is 11.0. The van der Waals surface area contributed by atoms with Gasteiger partial charge < -0.3 is 5.32 Å². The Morgan fingerprint density at radius 3 is 2.76 bits per heavy atom. The van der Waals surface area contributed by atoms with Gasteiger partial charge in [0.15, 0.2) is 4.96 Å². The van der Waals surface area contributed by atoms with Crippen LogP contribution in [-0.4, -0.2) is 39.3 Å². The molecule has 0 aliphatic carbocycles. The molecule has 2 aromatic heterocycles. The quantitative estimate of drug-likeness (QED) is 0.679. The van der Waals surface area contributed by atoms with Gasteiger partial charge in [-0.05, 0) is 31.7 Å². The molecule has 1 saturated heterocycles. The Morgan fingerprint density at radius 2 is 2.00 bits per heavy atom. The van der Waals surface area contributed by atoms with Crippen molar-refractivity contribution in [2.24, 2.45) is 0 Å². The molecule has 0 bridgehead atoms. The number of nitrogens with one attached hydrogen (secondary N) is 1. The van der Waals surface area contributed by atoms with Crippen molar-refractivity contribution in [3.05, 3.63) is 69.1 Å². The molecule has 29 heavy (non-hydrogen) atoms. The van der Waals surface area contributed by atoms with Crippen LogP contribution in [0.4, 0.5) is 0 Å². The van der Waals surface area contributed by atoms with E-state index in [9.17, 15) is 9.59 Å². The summed E-state index contributed by atoms with van der Waals surface area (Å²) >= 11 is 1.50. The van der Waals surface area contributed by atoms with E-state index in [2.05, 4.69) is 27.3 Å². The fraction of sp³-hybridized carbons (Fsp3) is 0.409. The van der Waals surface area contributed by atoms with E-state index in [0.29, 0.717) is 13.0 Å². The Balaban J connectivity index is 1.25. The molecule has 1 fully saturated rings. The Morgan fingerprint density at radius 1 is 1.24 bits per heavy atom. The number of carbonyl (C=O) groups is 1. The third kappa shape index (κ3) is 4.92. The van der Waals surface area contributed by atoms with Crippen LogP contribution in [0.25, 0.3) is 4.96 Å². The maximum absolute atomic E-state index is 12.3. The van der Waals surface area contributed by atoms with E-state index in [1.807, 2.05) is 30.5 Å². The van der Waals surface area contributed by atoms with Crippen LogP contribution in [0.1, 0.15) is 36.2 Å². The van der Waals surface area contributed by atoms with Gasteiger partial charge in [-0.3, -0.25) is 18.9 Å². The number of hydrogen-bond donors (Lipinski definition) is 1. The van der Waals surface area contributed by atoms with E-state index >= 15 is 0 Å². The molecule has 1 aliphatic heterocycles. The van der Waals surface area contributed by atoms with Crippen LogP contribution in [0, 0.1) is 6.92 Å². The van der Waals surface area contributed by atoms with Crippen molar-refractivity contribution in [2.45, 2.75) is 45.2 Å². The van der Waals surface area contributed by atoms with Crippen LogP contribution < -0.4 is 10.9 Å². The Bertz CT molecular complexity index is 1040. The van der Waals surface area contributed by atoms with Crippen LogP contribution >= 0.6 is 11.3 Å². The summed E-state index contributed by atoms with van der Waals surface area (Å²) in [6, 6.07) is 12.0. The first kappa shape index (κ1) is 19.8. The fourth-order valence-electron chi connectivity index (χ4n) is 3.85. The second kappa shape index (κ2) is 8.88. The summed E-state index contributed by atoms with van der Waals surface area (Å²) in [7, 11) is 0. The third-order valence-corrected chi connectivity index (χ3v) is 6.39. The first-order valence-electron chi connectivity index (χ1n) is 10.1. The van der Waals surface area contributed by atoms with Crippen molar-refractivity contribution in [2.75, 3.05) is 13.1 Å². The minimum atomic E-state index is -0.00989. The van der Waals surface area contributed by atoms with Gasteiger partial charge in [0.2, 0.25) is 5.91 Å². The van der Waals surface area contributed by atoms with E-state index in [-0.39, 0.29) is 17.5 Å². The van der Waals surface area contributed by atoms with Gasteiger partial charge in [0.1, 0.15) is 0 Å². The zero-order valence-electron chi connectivity index (χ0n) is 16.6. The molecule has 0 atom stereocenters. The molecule has 6 nitrogen and oxygen atoms in total. The number of amides is 1. The van der Waals surface area contributed by atoms with Crippen LogP contribution in [0.2, 0.25) is 0 Å². The largest absolute Gasteiger partial charge is 0.353 e. The normalized spacial score (nSPS) is 15.6. The molecular formula is C22H26N4O2S. The highest BCUT2D eigenvalue weighted by molar-refractivity contribution is 7.15. The molecule has 0 saturated carbocycles. The van der Waals surface area contributed by atoms with E-state index in [0.717, 1.165) is 48.7 Å². The number of benzene rings is 1. The van der Waals surface area contributed by atoms with Gasteiger partial charge in [-0.15, -0.1) is 11.3 Å². The lowest BCUT2D eigenvalue weighted by Crippen LogP contribution is -2.44. The molecule has 0 radical (unpaired) electrons. The molecule has 4 rings (SSSR count). The second-order valence-electron chi connectivity index (χ2n) is 7.68. The molecular weight excluding hydrogens is 384 g/mol. The highest BCUT2D eigenvalue weighted by Gasteiger charge is 2.21. The maximum Gasteiger partial charge on any atom is 0.259 e. The van der Waals surface area contributed by atoms with Crippen molar-refractivity contribution >= 4 is 22.2 Å². The first-order chi connectivity index (χ1) is 14.1. The Kier molecular flexibility index (Phi) is 6.06. The lowest BCUT2D eigenvalue weighted by molar-refractivity contribution is -0.122. The second-order valence-corrected chi connectivity index (χ2v) is 8.52. The van der Waals surface area contributed by atoms with E-state index < -0.39 is 0 Å². The van der Waals surface area contributed by atoms with Gasteiger partial charge in [-0.2, -0.15) is 0 Å². The number of carbonyl (C=O) groups excluding carboxylic acids is 1. The van der Waals surface area contributed by atoms with E-state index in [1.54, 1.807) is 10.5 Å². The third-order valence-electron chi connectivity index (χ3n) is 5.45. The molecule has 1 aromatic carbocycles. The average Bonchev–Trinajstić information content (AvgIpc) is 3.10. The van der Waals surface area contributed by atoms with Crippen LogP contribution in [0.15, 0.2) is 46.6 Å². The summed E-state index contributed by atoms with van der Waals surface area (Å²) in [5.41, 5.74) is 2.93. The summed E-state index contributed by atoms with van der Waals surface area (Å²) in [6.07, 6.45) is 3.16. The van der Waals surface area contributed by atoms with Crippen molar-refractivity contribution in [3.8, 4) is 0 Å². The summed E-state index contributed by atoms with van der Waals surface area (Å²) in [4.78, 5) is 32.3. The number of thiazole rings is 1. The predicted octanol–water partition coefficient (Wildman–Crippen LogP) is 2.78. The summed E-state index contributed by atoms with van der Waals surface area (Å²) in [5.74, 6) is 0.125. The molecule has 1 aliphatic rings. The number of fused-ring (bicyclic) bond motifs is 1. The predicted molar refractivity (Wildman–Crippen MR) is 115 cm³/mol. The number of nitrogens with zero attached hydrogens (tertiary/aromatic N) is 3. The molecule has 0 spiro atoms. The van der Waals surface area contributed by atoms with Crippen LogP contribution in [0.5, 0.6) is 0 Å². The van der Waals surface area contributed by atoms with E-state index in [4.69, 9.17) is 0 Å². The van der Waals surface area contributed by atoms with Crippen LogP contribution in [-0.2, 0) is 17.8 Å². The van der Waals surface area contributed by atoms with Crippen molar-refractivity contribution in [1.82, 2.24) is 19.6 Å². The molecule has 3 heterocycles. The van der Waals surface area contributed by atoms with Gasteiger partial charge >= 0.3 is 0 Å².